The van der Waals surface area contributed by atoms with Gasteiger partial charge in [0.15, 0.2) is 5.78 Å². The Bertz CT molecular complexity index is 821. The molecule has 106 valence electrons. The monoisotopic (exact) mass is 305 g/mol. The van der Waals surface area contributed by atoms with Gasteiger partial charge in [0.25, 0.3) is 0 Å². The number of ketones is 1. The molecule has 3 rings (SSSR count). The Morgan fingerprint density at radius 3 is 2.76 bits per heavy atom. The Morgan fingerprint density at radius 1 is 1.19 bits per heavy atom. The molecule has 0 spiro atoms. The molecule has 1 N–H and O–H groups in total. The molecule has 2 nitrogen and oxygen atoms in total. The van der Waals surface area contributed by atoms with Crippen molar-refractivity contribution in [3.05, 3.63) is 70.4 Å². The molecule has 2 aromatic carbocycles. The number of Topliss-reactive ketones (excluding diaryl/α,β-unsaturated/α-hetero) is 1. The average molecular weight is 306 g/mol. The number of H-pyrrole nitrogens is 1. The van der Waals surface area contributed by atoms with Crippen LogP contribution in [0.5, 0.6) is 0 Å². The summed E-state index contributed by atoms with van der Waals surface area (Å²) >= 11 is 5.92. The van der Waals surface area contributed by atoms with Gasteiger partial charge in [-0.15, -0.1) is 0 Å². The van der Waals surface area contributed by atoms with Gasteiger partial charge in [0.2, 0.25) is 0 Å². The number of carbonyl (C=O) groups is 1. The predicted molar refractivity (Wildman–Crippen MR) is 77.7 cm³/mol. The number of carbonyl (C=O) groups excluding carboxylic acids is 1. The van der Waals surface area contributed by atoms with Gasteiger partial charge in [-0.25, -0.2) is 8.78 Å². The van der Waals surface area contributed by atoms with E-state index >= 15 is 0 Å². The summed E-state index contributed by atoms with van der Waals surface area (Å²) in [7, 11) is 0. The van der Waals surface area contributed by atoms with Gasteiger partial charge >= 0.3 is 0 Å². The summed E-state index contributed by atoms with van der Waals surface area (Å²) in [5.74, 6) is -1.18. The number of rotatable bonds is 3. The minimum atomic E-state index is -0.512. The third-order valence-corrected chi connectivity index (χ3v) is 3.70. The van der Waals surface area contributed by atoms with E-state index in [1.807, 2.05) is 0 Å². The van der Waals surface area contributed by atoms with Crippen LogP contribution in [0.15, 0.2) is 42.6 Å². The number of hydrogen-bond acceptors (Lipinski definition) is 1. The van der Waals surface area contributed by atoms with Crippen LogP contribution in [0, 0.1) is 11.6 Å². The Labute approximate surface area is 124 Å². The van der Waals surface area contributed by atoms with E-state index in [2.05, 4.69) is 4.98 Å². The van der Waals surface area contributed by atoms with Gasteiger partial charge in [-0.3, -0.25) is 4.79 Å². The van der Waals surface area contributed by atoms with Crippen LogP contribution in [0.2, 0.25) is 5.02 Å². The summed E-state index contributed by atoms with van der Waals surface area (Å²) in [5.41, 5.74) is 1.09. The van der Waals surface area contributed by atoms with Crippen LogP contribution >= 0.6 is 11.6 Å². The van der Waals surface area contributed by atoms with Crippen LogP contribution < -0.4 is 0 Å². The fourth-order valence-corrected chi connectivity index (χ4v) is 2.52. The van der Waals surface area contributed by atoms with Crippen molar-refractivity contribution in [2.24, 2.45) is 0 Å². The molecule has 0 aliphatic carbocycles. The Hall–Kier alpha value is -2.20. The summed E-state index contributed by atoms with van der Waals surface area (Å²) in [6.45, 7) is 0. The molecule has 0 fully saturated rings. The van der Waals surface area contributed by atoms with Crippen LogP contribution in [0.25, 0.3) is 10.9 Å². The first-order valence-corrected chi connectivity index (χ1v) is 6.67. The highest BCUT2D eigenvalue weighted by molar-refractivity contribution is 6.31. The molecule has 0 unspecified atom stereocenters. The molecule has 0 bridgehead atoms. The fourth-order valence-electron chi connectivity index (χ4n) is 2.29. The lowest BCUT2D eigenvalue weighted by molar-refractivity contribution is 0.0993. The lowest BCUT2D eigenvalue weighted by atomic mass is 10.0. The van der Waals surface area contributed by atoms with E-state index in [9.17, 15) is 13.6 Å². The first-order valence-electron chi connectivity index (χ1n) is 6.29. The van der Waals surface area contributed by atoms with Gasteiger partial charge in [0.05, 0.1) is 0 Å². The Kier molecular flexibility index (Phi) is 3.47. The second-order valence-electron chi connectivity index (χ2n) is 4.69. The largest absolute Gasteiger partial charge is 0.360 e. The fraction of sp³-hybridized carbons (Fsp3) is 0.0625. The number of nitrogens with one attached hydrogen (secondary N) is 1. The van der Waals surface area contributed by atoms with Gasteiger partial charge in [-0.2, -0.15) is 0 Å². The highest BCUT2D eigenvalue weighted by Crippen LogP contribution is 2.24. The molecular weight excluding hydrogens is 296 g/mol. The minimum Gasteiger partial charge on any atom is -0.360 e. The molecule has 0 saturated carbocycles. The maximum absolute atomic E-state index is 13.7. The quantitative estimate of drug-likeness (QED) is 0.709. The molecule has 21 heavy (non-hydrogen) atoms. The summed E-state index contributed by atoms with van der Waals surface area (Å²) in [4.78, 5) is 15.2. The summed E-state index contributed by atoms with van der Waals surface area (Å²) < 4.78 is 26.9. The van der Waals surface area contributed by atoms with Crippen LogP contribution in [0.1, 0.15) is 15.9 Å². The molecule has 0 aliphatic rings. The van der Waals surface area contributed by atoms with Crippen molar-refractivity contribution in [2.45, 2.75) is 6.42 Å². The van der Waals surface area contributed by atoms with Crippen LogP contribution in [0.3, 0.4) is 0 Å². The highest BCUT2D eigenvalue weighted by Gasteiger charge is 2.16. The highest BCUT2D eigenvalue weighted by atomic mass is 35.5. The van der Waals surface area contributed by atoms with E-state index < -0.39 is 5.82 Å². The molecule has 1 aromatic heterocycles. The van der Waals surface area contributed by atoms with Crippen molar-refractivity contribution in [3.8, 4) is 0 Å². The third-order valence-electron chi connectivity index (χ3n) is 3.34. The zero-order valence-electron chi connectivity index (χ0n) is 10.8. The molecule has 0 amide bonds. The van der Waals surface area contributed by atoms with Crippen molar-refractivity contribution < 1.29 is 13.6 Å². The summed E-state index contributed by atoms with van der Waals surface area (Å²) in [6, 6.07) is 8.40. The molecule has 5 heteroatoms. The number of halogens is 3. The SMILES string of the molecule is O=C(Cc1c(F)cccc1Cl)c1c[nH]c2cc(F)ccc12. The molecule has 3 aromatic rings. The predicted octanol–water partition coefficient (Wildman–Crippen LogP) is 4.52. The summed E-state index contributed by atoms with van der Waals surface area (Å²) in [6.07, 6.45) is 1.36. The second-order valence-corrected chi connectivity index (χ2v) is 5.10. The van der Waals surface area contributed by atoms with Crippen molar-refractivity contribution in [1.29, 1.82) is 0 Å². The Morgan fingerprint density at radius 2 is 2.00 bits per heavy atom. The molecular formula is C16H10ClF2NO. The topological polar surface area (TPSA) is 32.9 Å². The smallest absolute Gasteiger partial charge is 0.169 e. The number of benzene rings is 2. The van der Waals surface area contributed by atoms with Gasteiger partial charge in [-0.1, -0.05) is 17.7 Å². The summed E-state index contributed by atoms with van der Waals surface area (Å²) in [5, 5.41) is 0.822. The van der Waals surface area contributed by atoms with Crippen molar-refractivity contribution in [1.82, 2.24) is 4.98 Å². The lowest BCUT2D eigenvalue weighted by Crippen LogP contribution is -2.05. The van der Waals surface area contributed by atoms with E-state index in [0.29, 0.717) is 16.5 Å². The molecule has 0 radical (unpaired) electrons. The van der Waals surface area contributed by atoms with Crippen molar-refractivity contribution >= 4 is 28.3 Å². The van der Waals surface area contributed by atoms with E-state index in [4.69, 9.17) is 11.6 Å². The number of fused-ring (bicyclic) bond motifs is 1. The van der Waals surface area contributed by atoms with Gasteiger partial charge in [-0.05, 0) is 30.3 Å². The number of aromatic amines is 1. The third kappa shape index (κ3) is 2.54. The minimum absolute atomic E-state index is 0.143. The standard InChI is InChI=1S/C16H10ClF2NO/c17-13-2-1-3-14(19)11(13)7-16(21)12-8-20-15-6-9(18)4-5-10(12)15/h1-6,8,20H,7H2. The maximum Gasteiger partial charge on any atom is 0.169 e. The van der Waals surface area contributed by atoms with Gasteiger partial charge in [0, 0.05) is 39.7 Å². The first kappa shape index (κ1) is 13.8. The van der Waals surface area contributed by atoms with E-state index in [1.165, 1.54) is 42.6 Å². The van der Waals surface area contributed by atoms with Crippen molar-refractivity contribution in [3.63, 3.8) is 0 Å². The zero-order valence-corrected chi connectivity index (χ0v) is 11.5. The van der Waals surface area contributed by atoms with Crippen molar-refractivity contribution in [2.75, 3.05) is 0 Å². The Balaban J connectivity index is 1.98. The molecule has 0 atom stereocenters. The normalized spacial score (nSPS) is 11.0. The van der Waals surface area contributed by atoms with E-state index in [-0.39, 0.29) is 28.6 Å². The molecule has 1 heterocycles. The van der Waals surface area contributed by atoms with Gasteiger partial charge < -0.3 is 4.98 Å². The maximum atomic E-state index is 13.7. The second kappa shape index (κ2) is 5.30. The number of aromatic nitrogens is 1. The number of hydrogen-bond donors (Lipinski definition) is 1. The average Bonchev–Trinajstić information content (AvgIpc) is 2.85. The van der Waals surface area contributed by atoms with E-state index in [0.717, 1.165) is 0 Å². The zero-order chi connectivity index (χ0) is 15.0. The van der Waals surface area contributed by atoms with Crippen LogP contribution in [-0.2, 0) is 6.42 Å². The first-order chi connectivity index (χ1) is 10.1. The van der Waals surface area contributed by atoms with E-state index in [1.54, 1.807) is 0 Å². The molecule has 0 saturated heterocycles. The lowest BCUT2D eigenvalue weighted by Gasteiger charge is -2.04. The van der Waals surface area contributed by atoms with Crippen LogP contribution in [0.4, 0.5) is 8.78 Å². The molecule has 0 aliphatic heterocycles. The van der Waals surface area contributed by atoms with Gasteiger partial charge in [0.1, 0.15) is 11.6 Å². The van der Waals surface area contributed by atoms with Crippen LogP contribution in [-0.4, -0.2) is 10.8 Å².